The topological polar surface area (TPSA) is 56.5 Å². The lowest BCUT2D eigenvalue weighted by atomic mass is 10.1. The van der Waals surface area contributed by atoms with Gasteiger partial charge < -0.3 is 9.15 Å². The zero-order valence-electron chi connectivity index (χ0n) is 11.7. The highest BCUT2D eigenvalue weighted by molar-refractivity contribution is 6.04. The van der Waals surface area contributed by atoms with Crippen molar-refractivity contribution < 1.29 is 18.7 Å². The second-order valence-electron chi connectivity index (χ2n) is 5.08. The predicted octanol–water partition coefficient (Wildman–Crippen LogP) is 3.06. The summed E-state index contributed by atoms with van der Waals surface area (Å²) in [6, 6.07) is 12.6. The van der Waals surface area contributed by atoms with Gasteiger partial charge >= 0.3 is 5.97 Å². The van der Waals surface area contributed by atoms with E-state index in [1.807, 2.05) is 18.2 Å². The summed E-state index contributed by atoms with van der Waals surface area (Å²) >= 11 is 0. The summed E-state index contributed by atoms with van der Waals surface area (Å²) in [7, 11) is 0. The summed E-state index contributed by atoms with van der Waals surface area (Å²) in [5, 5.41) is 0. The second-order valence-corrected chi connectivity index (χ2v) is 5.08. The van der Waals surface area contributed by atoms with Crippen LogP contribution in [0.2, 0.25) is 0 Å². The van der Waals surface area contributed by atoms with Crippen LogP contribution >= 0.6 is 0 Å². The fourth-order valence-corrected chi connectivity index (χ4v) is 2.80. The number of hydrogen-bond donors (Lipinski definition) is 0. The third-order valence-corrected chi connectivity index (χ3v) is 3.81. The third-order valence-electron chi connectivity index (χ3n) is 3.81. The van der Waals surface area contributed by atoms with Crippen molar-refractivity contribution in [3.05, 3.63) is 60.1 Å². The molecule has 0 bridgehead atoms. The second kappa shape index (κ2) is 5.56. The standard InChI is InChI=1S/C17H16O4/c1-2-20-17(19)15-13(12-9-6-10-21-12)14(15)16(18)11-7-4-3-5-8-11/h3-10,13-15H,2H2,1H3/t13-,14-,15-/m0/s1. The highest BCUT2D eigenvalue weighted by atomic mass is 16.5. The van der Waals surface area contributed by atoms with E-state index >= 15 is 0 Å². The summed E-state index contributed by atoms with van der Waals surface area (Å²) in [5.74, 6) is -0.737. The summed E-state index contributed by atoms with van der Waals surface area (Å²) < 4.78 is 10.4. The summed E-state index contributed by atoms with van der Waals surface area (Å²) in [6.07, 6.45) is 1.56. The quantitative estimate of drug-likeness (QED) is 0.625. The first-order chi connectivity index (χ1) is 10.2. The van der Waals surface area contributed by atoms with Gasteiger partial charge in [0.05, 0.1) is 18.8 Å². The Bertz CT molecular complexity index is 630. The Hall–Kier alpha value is -2.36. The van der Waals surface area contributed by atoms with Gasteiger partial charge in [0, 0.05) is 17.4 Å². The molecule has 4 heteroatoms. The van der Waals surface area contributed by atoms with E-state index in [1.165, 1.54) is 0 Å². The van der Waals surface area contributed by atoms with Crippen molar-refractivity contribution in [1.29, 1.82) is 0 Å². The number of benzene rings is 1. The summed E-state index contributed by atoms with van der Waals surface area (Å²) in [6.45, 7) is 2.07. The van der Waals surface area contributed by atoms with Crippen LogP contribution in [0.1, 0.15) is 29.0 Å². The molecular formula is C17H16O4. The van der Waals surface area contributed by atoms with Crippen molar-refractivity contribution in [3.63, 3.8) is 0 Å². The molecule has 0 saturated heterocycles. The molecule has 4 nitrogen and oxygen atoms in total. The van der Waals surface area contributed by atoms with E-state index in [9.17, 15) is 9.59 Å². The number of hydrogen-bond acceptors (Lipinski definition) is 4. The Morgan fingerprint density at radius 2 is 1.86 bits per heavy atom. The highest BCUT2D eigenvalue weighted by Gasteiger charge is 2.61. The van der Waals surface area contributed by atoms with Crippen molar-refractivity contribution in [2.24, 2.45) is 11.8 Å². The van der Waals surface area contributed by atoms with Crippen molar-refractivity contribution in [2.45, 2.75) is 12.8 Å². The largest absolute Gasteiger partial charge is 0.469 e. The van der Waals surface area contributed by atoms with Crippen LogP contribution < -0.4 is 0 Å². The van der Waals surface area contributed by atoms with Gasteiger partial charge in [-0.15, -0.1) is 0 Å². The van der Waals surface area contributed by atoms with Gasteiger partial charge in [0.25, 0.3) is 0 Å². The van der Waals surface area contributed by atoms with Crippen molar-refractivity contribution in [3.8, 4) is 0 Å². The van der Waals surface area contributed by atoms with Crippen molar-refractivity contribution >= 4 is 11.8 Å². The van der Waals surface area contributed by atoms with E-state index in [0.717, 1.165) is 0 Å². The number of rotatable bonds is 5. The number of Topliss-reactive ketones (excluding diaryl/α,β-unsaturated/α-hetero) is 1. The number of furan rings is 1. The van der Waals surface area contributed by atoms with Crippen molar-refractivity contribution in [2.75, 3.05) is 6.61 Å². The van der Waals surface area contributed by atoms with Gasteiger partial charge in [-0.2, -0.15) is 0 Å². The average molecular weight is 284 g/mol. The smallest absolute Gasteiger partial charge is 0.310 e. The van der Waals surface area contributed by atoms with Gasteiger partial charge in [0.1, 0.15) is 5.76 Å². The van der Waals surface area contributed by atoms with Crippen LogP contribution in [0.25, 0.3) is 0 Å². The molecule has 1 aromatic heterocycles. The van der Waals surface area contributed by atoms with Crippen LogP contribution in [0.5, 0.6) is 0 Å². The molecule has 108 valence electrons. The predicted molar refractivity (Wildman–Crippen MR) is 75.8 cm³/mol. The van der Waals surface area contributed by atoms with E-state index in [1.54, 1.807) is 37.5 Å². The van der Waals surface area contributed by atoms with Gasteiger partial charge in [-0.3, -0.25) is 9.59 Å². The van der Waals surface area contributed by atoms with Crippen LogP contribution in [0.15, 0.2) is 53.1 Å². The monoisotopic (exact) mass is 284 g/mol. The molecular weight excluding hydrogens is 268 g/mol. The van der Waals surface area contributed by atoms with E-state index in [0.29, 0.717) is 17.9 Å². The molecule has 0 amide bonds. The minimum absolute atomic E-state index is 0.0324. The average Bonchev–Trinajstić information content (AvgIpc) is 3.02. The molecule has 0 aliphatic heterocycles. The normalized spacial score (nSPS) is 23.6. The first-order valence-corrected chi connectivity index (χ1v) is 7.03. The number of esters is 1. The number of ketones is 1. The van der Waals surface area contributed by atoms with E-state index < -0.39 is 11.8 Å². The lowest BCUT2D eigenvalue weighted by molar-refractivity contribution is -0.145. The number of ether oxygens (including phenoxy) is 1. The molecule has 1 fully saturated rings. The molecule has 0 spiro atoms. The molecule has 1 heterocycles. The van der Waals surface area contributed by atoms with E-state index in [4.69, 9.17) is 9.15 Å². The summed E-state index contributed by atoms with van der Waals surface area (Å²) in [5.41, 5.74) is 0.617. The summed E-state index contributed by atoms with van der Waals surface area (Å²) in [4.78, 5) is 24.6. The van der Waals surface area contributed by atoms with Gasteiger partial charge in [0.2, 0.25) is 0 Å². The minimum atomic E-state index is -0.441. The van der Waals surface area contributed by atoms with Gasteiger partial charge in [-0.05, 0) is 19.1 Å². The third kappa shape index (κ3) is 2.49. The molecule has 1 saturated carbocycles. The SMILES string of the molecule is CCOC(=O)[C@@H]1[C@@H](C(=O)c2ccccc2)[C@@H]1c1ccco1. The molecule has 0 radical (unpaired) electrons. The lowest BCUT2D eigenvalue weighted by Gasteiger charge is -2.00. The molecule has 0 N–H and O–H groups in total. The highest BCUT2D eigenvalue weighted by Crippen LogP contribution is 2.56. The first kappa shape index (κ1) is 13.6. The Labute approximate surface area is 122 Å². The Balaban J connectivity index is 1.85. The van der Waals surface area contributed by atoms with Gasteiger partial charge in [0.15, 0.2) is 5.78 Å². The molecule has 2 aromatic rings. The minimum Gasteiger partial charge on any atom is -0.469 e. The van der Waals surface area contributed by atoms with E-state index in [-0.39, 0.29) is 17.7 Å². The van der Waals surface area contributed by atoms with Crippen molar-refractivity contribution in [1.82, 2.24) is 0 Å². The zero-order chi connectivity index (χ0) is 14.8. The fraction of sp³-hybridized carbons (Fsp3) is 0.294. The maximum atomic E-state index is 12.6. The molecule has 3 atom stereocenters. The van der Waals surface area contributed by atoms with Crippen LogP contribution in [-0.4, -0.2) is 18.4 Å². The number of carbonyl (C=O) groups excluding carboxylic acids is 2. The Morgan fingerprint density at radius 3 is 2.48 bits per heavy atom. The fourth-order valence-electron chi connectivity index (χ4n) is 2.80. The molecule has 0 unspecified atom stereocenters. The maximum absolute atomic E-state index is 12.6. The van der Waals surface area contributed by atoms with Gasteiger partial charge in [-0.1, -0.05) is 30.3 Å². The first-order valence-electron chi connectivity index (χ1n) is 7.03. The van der Waals surface area contributed by atoms with Crippen LogP contribution in [0.4, 0.5) is 0 Å². The van der Waals surface area contributed by atoms with Crippen LogP contribution in [0.3, 0.4) is 0 Å². The van der Waals surface area contributed by atoms with Crippen LogP contribution in [0, 0.1) is 11.8 Å². The zero-order valence-corrected chi connectivity index (χ0v) is 11.7. The lowest BCUT2D eigenvalue weighted by Crippen LogP contribution is -2.11. The van der Waals surface area contributed by atoms with Crippen LogP contribution in [-0.2, 0) is 9.53 Å². The van der Waals surface area contributed by atoms with Gasteiger partial charge in [-0.25, -0.2) is 0 Å². The molecule has 1 aromatic carbocycles. The molecule has 21 heavy (non-hydrogen) atoms. The molecule has 3 rings (SSSR count). The van der Waals surface area contributed by atoms with E-state index in [2.05, 4.69) is 0 Å². The molecule has 1 aliphatic carbocycles. The Kier molecular flexibility index (Phi) is 3.60. The molecule has 1 aliphatic rings. The number of carbonyl (C=O) groups is 2. The maximum Gasteiger partial charge on any atom is 0.310 e. The Morgan fingerprint density at radius 1 is 1.10 bits per heavy atom.